The summed E-state index contributed by atoms with van der Waals surface area (Å²) in [5.74, 6) is 0.794. The number of fused-ring (bicyclic) bond motifs is 1. The number of nitrogens with one attached hydrogen (secondary N) is 1. The highest BCUT2D eigenvalue weighted by atomic mass is 32.2. The number of nitrogens with zero attached hydrogens (tertiary/aromatic N) is 3. The Bertz CT molecular complexity index is 938. The van der Waals surface area contributed by atoms with Gasteiger partial charge in [-0.25, -0.2) is 9.78 Å². The minimum Gasteiger partial charge on any atom is -0.462 e. The van der Waals surface area contributed by atoms with E-state index in [1.807, 2.05) is 10.6 Å². The van der Waals surface area contributed by atoms with E-state index >= 15 is 0 Å². The first-order chi connectivity index (χ1) is 14.5. The molecule has 0 spiro atoms. The third kappa shape index (κ3) is 5.41. The molecule has 3 rings (SSSR count). The molecule has 0 saturated heterocycles. The van der Waals surface area contributed by atoms with E-state index in [-0.39, 0.29) is 17.9 Å². The number of aliphatic imine (C=N–C) groups is 1. The van der Waals surface area contributed by atoms with Gasteiger partial charge in [-0.15, -0.1) is 0 Å². The van der Waals surface area contributed by atoms with Crippen LogP contribution in [-0.4, -0.2) is 45.0 Å². The molecule has 2 aromatic rings. The average molecular weight is 431 g/mol. The van der Waals surface area contributed by atoms with Crippen molar-refractivity contribution in [3.8, 4) is 0 Å². The second kappa shape index (κ2) is 10.6. The maximum Gasteiger partial charge on any atom is 0.338 e. The number of imidazole rings is 1. The Morgan fingerprint density at radius 2 is 2.07 bits per heavy atom. The number of ether oxygens (including phenoxy) is 1. The van der Waals surface area contributed by atoms with E-state index < -0.39 is 0 Å². The number of anilines is 1. The van der Waals surface area contributed by atoms with Crippen LogP contribution in [-0.2, 0) is 9.53 Å². The molecule has 1 aliphatic heterocycles. The Kier molecular flexibility index (Phi) is 7.90. The topological polar surface area (TPSA) is 85.6 Å². The molecule has 1 amide bonds. The lowest BCUT2D eigenvalue weighted by molar-refractivity contribution is -0.114. The average Bonchev–Trinajstić information content (AvgIpc) is 3.30. The molecule has 1 N–H and O–H groups in total. The molecule has 2 heterocycles. The van der Waals surface area contributed by atoms with E-state index in [9.17, 15) is 9.59 Å². The van der Waals surface area contributed by atoms with Gasteiger partial charge in [-0.2, -0.15) is 0 Å². The van der Waals surface area contributed by atoms with E-state index in [1.165, 1.54) is 6.92 Å². The van der Waals surface area contributed by atoms with Crippen LogP contribution in [0.3, 0.4) is 0 Å². The Balaban J connectivity index is 1.85. The molecule has 0 bridgehead atoms. The quantitative estimate of drug-likeness (QED) is 0.454. The number of rotatable bonds is 9. The smallest absolute Gasteiger partial charge is 0.338 e. The lowest BCUT2D eigenvalue weighted by Crippen LogP contribution is -2.15. The molecule has 0 fully saturated rings. The maximum absolute atomic E-state index is 12.4. The van der Waals surface area contributed by atoms with Gasteiger partial charge in [-0.05, 0) is 31.0 Å². The summed E-state index contributed by atoms with van der Waals surface area (Å²) in [4.78, 5) is 33.5. The number of hydrogen-bond acceptors (Lipinski definition) is 6. The van der Waals surface area contributed by atoms with Gasteiger partial charge in [-0.1, -0.05) is 51.3 Å². The van der Waals surface area contributed by atoms with Crippen LogP contribution in [0.15, 0.2) is 23.2 Å². The van der Waals surface area contributed by atoms with Crippen molar-refractivity contribution in [2.75, 3.05) is 17.7 Å². The van der Waals surface area contributed by atoms with Crippen molar-refractivity contribution in [3.05, 3.63) is 23.8 Å². The molecule has 1 aromatic carbocycles. The standard InChI is InChI=1S/C22H30N4O3S/c1-4-6-7-8-12-29-20(28)16-10-11-19-18(13-16)25-21(23-15(3)27)26(19)22-24-17(9-5-2)14-30-22/h10-11,13,17H,4-9,12,14H2,1-3H3,(H,23,25,27). The van der Waals surface area contributed by atoms with Gasteiger partial charge in [0.2, 0.25) is 11.9 Å². The summed E-state index contributed by atoms with van der Waals surface area (Å²) in [7, 11) is 0. The van der Waals surface area contributed by atoms with Gasteiger partial charge in [-0.3, -0.25) is 19.7 Å². The van der Waals surface area contributed by atoms with Crippen molar-refractivity contribution in [3.63, 3.8) is 0 Å². The Hall–Kier alpha value is -2.35. The minimum atomic E-state index is -0.348. The van der Waals surface area contributed by atoms with Crippen molar-refractivity contribution < 1.29 is 14.3 Å². The lowest BCUT2D eigenvalue weighted by Gasteiger charge is -2.08. The molecule has 1 aliphatic rings. The zero-order valence-electron chi connectivity index (χ0n) is 17.9. The number of carbonyl (C=O) groups excluding carboxylic acids is 2. The van der Waals surface area contributed by atoms with Crippen molar-refractivity contribution in [1.82, 2.24) is 9.55 Å². The fraction of sp³-hybridized carbons (Fsp3) is 0.545. The number of amides is 1. The first-order valence-electron chi connectivity index (χ1n) is 10.7. The predicted octanol–water partition coefficient (Wildman–Crippen LogP) is 4.85. The zero-order chi connectivity index (χ0) is 21.5. The maximum atomic E-state index is 12.4. The summed E-state index contributed by atoms with van der Waals surface area (Å²) in [5.41, 5.74) is 1.89. The molecule has 0 saturated carbocycles. The molecule has 0 aliphatic carbocycles. The summed E-state index contributed by atoms with van der Waals surface area (Å²) >= 11 is 1.66. The number of unbranched alkanes of at least 4 members (excludes halogenated alkanes) is 3. The highest BCUT2D eigenvalue weighted by Gasteiger charge is 2.24. The Labute approximate surface area is 181 Å². The van der Waals surface area contributed by atoms with Crippen LogP contribution < -0.4 is 5.32 Å². The van der Waals surface area contributed by atoms with E-state index in [4.69, 9.17) is 9.73 Å². The second-order valence-electron chi connectivity index (χ2n) is 7.52. The summed E-state index contributed by atoms with van der Waals surface area (Å²) in [6, 6.07) is 5.59. The van der Waals surface area contributed by atoms with E-state index in [1.54, 1.807) is 23.9 Å². The lowest BCUT2D eigenvalue weighted by atomic mass is 10.2. The fourth-order valence-corrected chi connectivity index (χ4v) is 4.54. The Morgan fingerprint density at radius 1 is 1.23 bits per heavy atom. The third-order valence-corrected chi connectivity index (χ3v) is 6.02. The van der Waals surface area contributed by atoms with E-state index in [2.05, 4.69) is 24.1 Å². The number of thioether (sulfide) groups is 1. The highest BCUT2D eigenvalue weighted by Crippen LogP contribution is 2.29. The Morgan fingerprint density at radius 3 is 2.80 bits per heavy atom. The summed E-state index contributed by atoms with van der Waals surface area (Å²) < 4.78 is 7.27. The second-order valence-corrected chi connectivity index (χ2v) is 8.50. The number of esters is 1. The summed E-state index contributed by atoms with van der Waals surface area (Å²) in [6.07, 6.45) is 6.34. The van der Waals surface area contributed by atoms with Crippen LogP contribution in [0.2, 0.25) is 0 Å². The van der Waals surface area contributed by atoms with Gasteiger partial charge in [0.15, 0.2) is 5.17 Å². The van der Waals surface area contributed by atoms with Crippen molar-refractivity contribution >= 4 is 45.8 Å². The number of hydrogen-bond donors (Lipinski definition) is 1. The van der Waals surface area contributed by atoms with Gasteiger partial charge in [0.1, 0.15) is 0 Å². The molecular weight excluding hydrogens is 400 g/mol. The molecule has 1 aromatic heterocycles. The summed E-state index contributed by atoms with van der Waals surface area (Å²) in [6.45, 7) is 6.18. The van der Waals surface area contributed by atoms with E-state index in [0.29, 0.717) is 23.6 Å². The zero-order valence-corrected chi connectivity index (χ0v) is 18.8. The van der Waals surface area contributed by atoms with E-state index in [0.717, 1.165) is 55.0 Å². The molecule has 7 nitrogen and oxygen atoms in total. The summed E-state index contributed by atoms with van der Waals surface area (Å²) in [5, 5.41) is 3.62. The molecule has 30 heavy (non-hydrogen) atoms. The van der Waals surface area contributed by atoms with Crippen molar-refractivity contribution in [2.45, 2.75) is 65.3 Å². The minimum absolute atomic E-state index is 0.202. The van der Waals surface area contributed by atoms with Gasteiger partial charge in [0.25, 0.3) is 0 Å². The first-order valence-corrected chi connectivity index (χ1v) is 11.7. The largest absolute Gasteiger partial charge is 0.462 e. The number of benzene rings is 1. The van der Waals surface area contributed by atoms with Gasteiger partial charge in [0, 0.05) is 12.7 Å². The third-order valence-electron chi connectivity index (χ3n) is 4.92. The number of aromatic nitrogens is 2. The van der Waals surface area contributed by atoms with Gasteiger partial charge in [0.05, 0.1) is 29.2 Å². The first kappa shape index (κ1) is 22.3. The van der Waals surface area contributed by atoms with Crippen LogP contribution >= 0.6 is 11.8 Å². The molecule has 8 heteroatoms. The molecule has 162 valence electrons. The van der Waals surface area contributed by atoms with Crippen molar-refractivity contribution in [1.29, 1.82) is 0 Å². The van der Waals surface area contributed by atoms with Crippen LogP contribution in [0.4, 0.5) is 5.95 Å². The SMILES string of the molecule is CCCCCCOC(=O)c1ccc2c(c1)nc(NC(C)=O)n2C1=NC(CCC)CS1. The molecular formula is C22H30N4O3S. The van der Waals surface area contributed by atoms with Gasteiger partial charge >= 0.3 is 5.97 Å². The highest BCUT2D eigenvalue weighted by molar-refractivity contribution is 8.14. The normalized spacial score (nSPS) is 16.0. The van der Waals surface area contributed by atoms with Crippen LogP contribution in [0.5, 0.6) is 0 Å². The van der Waals surface area contributed by atoms with Crippen LogP contribution in [0.25, 0.3) is 11.0 Å². The van der Waals surface area contributed by atoms with Gasteiger partial charge < -0.3 is 4.74 Å². The fourth-order valence-electron chi connectivity index (χ4n) is 3.42. The molecule has 0 radical (unpaired) electrons. The molecule has 1 unspecified atom stereocenters. The predicted molar refractivity (Wildman–Crippen MR) is 122 cm³/mol. The monoisotopic (exact) mass is 430 g/mol. The number of carbonyl (C=O) groups is 2. The van der Waals surface area contributed by atoms with Crippen molar-refractivity contribution in [2.24, 2.45) is 4.99 Å². The van der Waals surface area contributed by atoms with Crippen LogP contribution in [0.1, 0.15) is 69.7 Å². The molecule has 1 atom stereocenters. The van der Waals surface area contributed by atoms with Crippen LogP contribution in [0, 0.1) is 0 Å².